The van der Waals surface area contributed by atoms with Crippen LogP contribution in [0, 0.1) is 0 Å². The Balaban J connectivity index is 1.93. The van der Waals surface area contributed by atoms with Crippen molar-refractivity contribution in [2.45, 2.75) is 6.42 Å². The van der Waals surface area contributed by atoms with Crippen LogP contribution in [0.25, 0.3) is 16.6 Å². The molecule has 0 radical (unpaired) electrons. The van der Waals surface area contributed by atoms with E-state index in [2.05, 4.69) is 15.3 Å². The van der Waals surface area contributed by atoms with Crippen LogP contribution >= 0.6 is 23.2 Å². The van der Waals surface area contributed by atoms with Gasteiger partial charge in [-0.1, -0.05) is 23.2 Å². The summed E-state index contributed by atoms with van der Waals surface area (Å²) >= 11 is 12.6. The Morgan fingerprint density at radius 2 is 2.19 bits per heavy atom. The Hall–Kier alpha value is -2.35. The lowest BCUT2D eigenvalue weighted by Gasteiger charge is -2.21. The van der Waals surface area contributed by atoms with Gasteiger partial charge in [0.2, 0.25) is 5.91 Å². The topological polar surface area (TPSA) is 83.3 Å². The fraction of sp³-hybridized carbons (Fsp3) is 0.278. The highest BCUT2D eigenvalue weighted by molar-refractivity contribution is 6.45. The maximum Gasteiger partial charge on any atom is 0.222 e. The molecule has 142 valence electrons. The molecule has 0 unspecified atom stereocenters. The Morgan fingerprint density at radius 3 is 2.89 bits per heavy atom. The summed E-state index contributed by atoms with van der Waals surface area (Å²) in [4.78, 5) is 22.2. The van der Waals surface area contributed by atoms with Gasteiger partial charge < -0.3 is 19.9 Å². The second-order valence-electron chi connectivity index (χ2n) is 5.97. The monoisotopic (exact) mass is 407 g/mol. The van der Waals surface area contributed by atoms with Crippen LogP contribution in [0.5, 0.6) is 0 Å². The molecule has 0 fully saturated rings. The quantitative estimate of drug-likeness (QED) is 0.628. The normalized spacial score (nSPS) is 11.0. The van der Waals surface area contributed by atoms with Crippen molar-refractivity contribution >= 4 is 45.8 Å². The molecule has 0 aliphatic rings. The highest BCUT2D eigenvalue weighted by atomic mass is 35.5. The molecule has 0 atom stereocenters. The van der Waals surface area contributed by atoms with Crippen LogP contribution in [0.1, 0.15) is 6.42 Å². The largest absolute Gasteiger partial charge is 0.396 e. The number of imidazole rings is 1. The second kappa shape index (κ2) is 8.56. The van der Waals surface area contributed by atoms with Crippen molar-refractivity contribution < 1.29 is 9.90 Å². The van der Waals surface area contributed by atoms with Gasteiger partial charge >= 0.3 is 0 Å². The van der Waals surface area contributed by atoms with Crippen molar-refractivity contribution in [3.63, 3.8) is 0 Å². The van der Waals surface area contributed by atoms with Gasteiger partial charge in [-0.2, -0.15) is 0 Å². The lowest BCUT2D eigenvalue weighted by molar-refractivity contribution is -0.121. The molecule has 0 aliphatic heterocycles. The van der Waals surface area contributed by atoms with Crippen LogP contribution in [0.2, 0.25) is 10.0 Å². The number of carbonyl (C=O) groups excluding carboxylic acids is 1. The Bertz CT molecular complexity index is 947. The van der Waals surface area contributed by atoms with Gasteiger partial charge in [0.05, 0.1) is 34.2 Å². The van der Waals surface area contributed by atoms with E-state index >= 15 is 0 Å². The number of hydrogen-bond acceptors (Lipinski definition) is 5. The van der Waals surface area contributed by atoms with Crippen LogP contribution in [0.4, 0.5) is 5.82 Å². The highest BCUT2D eigenvalue weighted by Gasteiger charge is 2.14. The smallest absolute Gasteiger partial charge is 0.222 e. The van der Waals surface area contributed by atoms with Crippen LogP contribution in [-0.4, -0.2) is 52.3 Å². The van der Waals surface area contributed by atoms with E-state index in [1.54, 1.807) is 18.6 Å². The maximum absolute atomic E-state index is 11.5. The fourth-order valence-electron chi connectivity index (χ4n) is 2.68. The lowest BCUT2D eigenvalue weighted by atomic mass is 10.1. The van der Waals surface area contributed by atoms with Gasteiger partial charge in [0, 0.05) is 50.4 Å². The number of nitrogens with zero attached hydrogens (tertiary/aromatic N) is 4. The molecule has 2 N–H and O–H groups in total. The van der Waals surface area contributed by atoms with E-state index in [1.165, 1.54) is 0 Å². The third kappa shape index (κ3) is 4.32. The number of aliphatic hydroxyl groups is 1. The van der Waals surface area contributed by atoms with Crippen molar-refractivity contribution in [3.8, 4) is 5.69 Å². The zero-order chi connectivity index (χ0) is 19.4. The number of hydrogen-bond donors (Lipinski definition) is 2. The molecule has 0 bridgehead atoms. The van der Waals surface area contributed by atoms with Gasteiger partial charge in [-0.3, -0.25) is 4.79 Å². The van der Waals surface area contributed by atoms with Crippen LogP contribution < -0.4 is 10.2 Å². The number of likely N-dealkylation sites (N-methyl/N-ethyl adjacent to an activating group) is 1. The van der Waals surface area contributed by atoms with Crippen LogP contribution in [0.15, 0.2) is 36.9 Å². The first kappa shape index (κ1) is 19.4. The summed E-state index contributed by atoms with van der Waals surface area (Å²) in [5.41, 5.74) is 1.48. The summed E-state index contributed by atoms with van der Waals surface area (Å²) in [6, 6.07) is 5.56. The molecule has 2 aromatic heterocycles. The number of aliphatic hydroxyl groups excluding tert-OH is 1. The third-order valence-electron chi connectivity index (χ3n) is 4.12. The molecule has 7 nitrogen and oxygen atoms in total. The van der Waals surface area contributed by atoms with Crippen molar-refractivity contribution in [2.24, 2.45) is 0 Å². The molecule has 0 aliphatic carbocycles. The number of benzene rings is 1. The molecule has 2 heterocycles. The number of pyridine rings is 1. The summed E-state index contributed by atoms with van der Waals surface area (Å²) in [6.45, 7) is 0.803. The molecule has 1 aromatic carbocycles. The zero-order valence-electron chi connectivity index (χ0n) is 14.7. The predicted molar refractivity (Wildman–Crippen MR) is 107 cm³/mol. The standard InChI is InChI=1S/C18H19Cl2N5O2/c1-24(7-6-22-16(27)4-9-26)15-10-14(25-8-5-21-11-25)12-2-3-13(19)17(20)18(12)23-15/h2-3,5,8,10-11,26H,4,6-7,9H2,1H3,(H,22,27). The summed E-state index contributed by atoms with van der Waals surface area (Å²) in [5.74, 6) is 0.498. The van der Waals surface area contributed by atoms with E-state index in [-0.39, 0.29) is 18.9 Å². The third-order valence-corrected chi connectivity index (χ3v) is 4.91. The van der Waals surface area contributed by atoms with Gasteiger partial charge in [0.15, 0.2) is 0 Å². The Kier molecular flexibility index (Phi) is 6.15. The maximum atomic E-state index is 11.5. The van der Waals surface area contributed by atoms with E-state index in [0.29, 0.717) is 34.5 Å². The number of fused-ring (bicyclic) bond motifs is 1. The second-order valence-corrected chi connectivity index (χ2v) is 6.76. The van der Waals surface area contributed by atoms with Crippen LogP contribution in [-0.2, 0) is 4.79 Å². The van der Waals surface area contributed by atoms with Crippen molar-refractivity contribution in [3.05, 3.63) is 47.0 Å². The molecule has 1 amide bonds. The van der Waals surface area contributed by atoms with Gasteiger partial charge in [-0.25, -0.2) is 9.97 Å². The molecule has 3 aromatic rings. The van der Waals surface area contributed by atoms with Gasteiger partial charge in [-0.15, -0.1) is 0 Å². The van der Waals surface area contributed by atoms with E-state index in [4.69, 9.17) is 28.3 Å². The van der Waals surface area contributed by atoms with E-state index in [1.807, 2.05) is 34.8 Å². The first-order chi connectivity index (χ1) is 13.0. The minimum absolute atomic E-state index is 0.0941. The lowest BCUT2D eigenvalue weighted by Crippen LogP contribution is -2.33. The molecular formula is C18H19Cl2N5O2. The van der Waals surface area contributed by atoms with Gasteiger partial charge in [0.1, 0.15) is 5.82 Å². The Labute approximate surface area is 166 Å². The molecule has 3 rings (SSSR count). The van der Waals surface area contributed by atoms with E-state index in [0.717, 1.165) is 11.1 Å². The van der Waals surface area contributed by atoms with Gasteiger partial charge in [0.25, 0.3) is 0 Å². The summed E-state index contributed by atoms with van der Waals surface area (Å²) in [5, 5.41) is 13.2. The number of nitrogens with one attached hydrogen (secondary N) is 1. The first-order valence-electron chi connectivity index (χ1n) is 8.37. The first-order valence-corrected chi connectivity index (χ1v) is 9.12. The number of halogens is 2. The minimum Gasteiger partial charge on any atom is -0.396 e. The summed E-state index contributed by atoms with van der Waals surface area (Å²) < 4.78 is 1.88. The number of rotatable bonds is 7. The zero-order valence-corrected chi connectivity index (χ0v) is 16.2. The van der Waals surface area contributed by atoms with Crippen LogP contribution in [0.3, 0.4) is 0 Å². The molecule has 0 saturated heterocycles. The summed E-state index contributed by atoms with van der Waals surface area (Å²) in [6.07, 6.45) is 5.34. The molecule has 9 heteroatoms. The van der Waals surface area contributed by atoms with Crippen molar-refractivity contribution in [2.75, 3.05) is 31.6 Å². The van der Waals surface area contributed by atoms with E-state index < -0.39 is 0 Å². The average molecular weight is 408 g/mol. The van der Waals surface area contributed by atoms with Crippen molar-refractivity contribution in [1.82, 2.24) is 19.9 Å². The predicted octanol–water partition coefficient (Wildman–Crippen LogP) is 2.66. The van der Waals surface area contributed by atoms with E-state index in [9.17, 15) is 4.79 Å². The molecule has 0 saturated carbocycles. The van der Waals surface area contributed by atoms with Gasteiger partial charge in [-0.05, 0) is 12.1 Å². The van der Waals surface area contributed by atoms with Crippen molar-refractivity contribution in [1.29, 1.82) is 0 Å². The SMILES string of the molecule is CN(CCNC(=O)CCO)c1cc(-n2ccnc2)c2ccc(Cl)c(Cl)c2n1. The fourth-order valence-corrected chi connectivity index (χ4v) is 3.04. The molecule has 0 spiro atoms. The minimum atomic E-state index is -0.189. The molecular weight excluding hydrogens is 389 g/mol. The number of anilines is 1. The number of amides is 1. The number of carbonyl (C=O) groups is 1. The highest BCUT2D eigenvalue weighted by Crippen LogP contribution is 2.34. The number of aromatic nitrogens is 3. The Morgan fingerprint density at radius 1 is 1.37 bits per heavy atom. The summed E-state index contributed by atoms with van der Waals surface area (Å²) in [7, 11) is 1.88. The molecule has 27 heavy (non-hydrogen) atoms. The average Bonchev–Trinajstić information content (AvgIpc) is 3.18.